The fourth-order valence-electron chi connectivity index (χ4n) is 5.07. The number of fused-ring (bicyclic) bond motifs is 3. The lowest BCUT2D eigenvalue weighted by atomic mass is 10.1. The highest BCUT2D eigenvalue weighted by Gasteiger charge is 2.18. The fourth-order valence-corrected chi connectivity index (χ4v) is 5.24. The van der Waals surface area contributed by atoms with Gasteiger partial charge in [0.25, 0.3) is 5.91 Å². The normalized spacial score (nSPS) is 14.1. The number of aryl methyl sites for hydroxylation is 1. The number of piperazine rings is 1. The zero-order chi connectivity index (χ0) is 27.5. The Kier molecular flexibility index (Phi) is 7.43. The molecule has 10 nitrogen and oxygen atoms in total. The van der Waals surface area contributed by atoms with Crippen LogP contribution >= 0.6 is 11.6 Å². The molecule has 0 spiro atoms. The van der Waals surface area contributed by atoms with Crippen molar-refractivity contribution in [3.05, 3.63) is 82.9 Å². The third-order valence-electron chi connectivity index (χ3n) is 7.25. The monoisotopic (exact) mass is 555 g/mol. The zero-order valence-corrected chi connectivity index (χ0v) is 23.0. The van der Waals surface area contributed by atoms with Crippen LogP contribution < -0.4 is 15.5 Å². The summed E-state index contributed by atoms with van der Waals surface area (Å²) in [7, 11) is 0. The van der Waals surface area contributed by atoms with E-state index in [1.165, 1.54) is 11.3 Å². The molecular formula is C29H30ClN9O. The lowest BCUT2D eigenvalue weighted by Crippen LogP contribution is -2.47. The SMILES string of the molecule is Cc1ccc(Cl)cc1N1CCN(CCCNC(=O)c2ccc(Nc3nc4ccccc4n4nnnc34)cc2)CC1. The molecule has 2 aromatic heterocycles. The molecule has 11 heteroatoms. The summed E-state index contributed by atoms with van der Waals surface area (Å²) in [6.07, 6.45) is 0.900. The Balaban J connectivity index is 0.978. The molecular weight excluding hydrogens is 526 g/mol. The molecule has 0 atom stereocenters. The molecule has 0 saturated carbocycles. The molecule has 6 rings (SSSR count). The molecule has 1 amide bonds. The first-order valence-electron chi connectivity index (χ1n) is 13.4. The van der Waals surface area contributed by atoms with Crippen LogP contribution in [-0.2, 0) is 0 Å². The van der Waals surface area contributed by atoms with Crippen molar-refractivity contribution >= 4 is 51.4 Å². The van der Waals surface area contributed by atoms with E-state index in [-0.39, 0.29) is 5.91 Å². The molecule has 0 bridgehead atoms. The van der Waals surface area contributed by atoms with Gasteiger partial charge in [-0.1, -0.05) is 29.8 Å². The third kappa shape index (κ3) is 5.54. The number of para-hydroxylation sites is 2. The molecule has 0 aliphatic carbocycles. The number of hydrogen-bond donors (Lipinski definition) is 2. The summed E-state index contributed by atoms with van der Waals surface area (Å²) in [5.74, 6) is 0.463. The summed E-state index contributed by atoms with van der Waals surface area (Å²) in [6, 6.07) is 21.1. The molecule has 2 N–H and O–H groups in total. The van der Waals surface area contributed by atoms with Gasteiger partial charge in [0.2, 0.25) is 5.65 Å². The summed E-state index contributed by atoms with van der Waals surface area (Å²) in [5, 5.41) is 19.1. The first-order valence-corrected chi connectivity index (χ1v) is 13.8. The van der Waals surface area contributed by atoms with E-state index in [2.05, 4.69) is 60.0 Å². The van der Waals surface area contributed by atoms with Crippen LogP contribution in [0.4, 0.5) is 17.2 Å². The number of halogens is 1. The van der Waals surface area contributed by atoms with Gasteiger partial charge in [0.1, 0.15) is 0 Å². The molecule has 5 aromatic rings. The van der Waals surface area contributed by atoms with E-state index in [4.69, 9.17) is 11.6 Å². The van der Waals surface area contributed by atoms with Gasteiger partial charge >= 0.3 is 0 Å². The predicted octanol–water partition coefficient (Wildman–Crippen LogP) is 4.32. The van der Waals surface area contributed by atoms with Crippen molar-refractivity contribution in [1.29, 1.82) is 0 Å². The second-order valence-electron chi connectivity index (χ2n) is 9.93. The number of nitrogens with zero attached hydrogens (tertiary/aromatic N) is 7. The Morgan fingerprint density at radius 2 is 1.80 bits per heavy atom. The number of tetrazole rings is 1. The standard InChI is InChI=1S/C29H30ClN9O/c1-20-7-10-22(30)19-26(20)38-17-15-37(16-18-38)14-4-13-31-29(40)21-8-11-23(12-9-21)32-27-28-34-35-36-39(28)25-6-3-2-5-24(25)33-27/h2-3,5-12,19H,4,13-18H2,1H3,(H,31,40)(H,32,33). The van der Waals surface area contributed by atoms with E-state index in [1.54, 1.807) is 16.6 Å². The van der Waals surface area contributed by atoms with Crippen LogP contribution in [0.25, 0.3) is 16.7 Å². The Morgan fingerprint density at radius 3 is 2.62 bits per heavy atom. The quantitative estimate of drug-likeness (QED) is 0.273. The second-order valence-corrected chi connectivity index (χ2v) is 10.4. The van der Waals surface area contributed by atoms with Crippen LogP contribution in [-0.4, -0.2) is 75.1 Å². The van der Waals surface area contributed by atoms with Crippen molar-refractivity contribution in [2.75, 3.05) is 49.5 Å². The van der Waals surface area contributed by atoms with Crippen LogP contribution in [0.5, 0.6) is 0 Å². The predicted molar refractivity (Wildman–Crippen MR) is 158 cm³/mol. The molecule has 3 heterocycles. The van der Waals surface area contributed by atoms with Crippen molar-refractivity contribution in [1.82, 2.24) is 35.2 Å². The number of anilines is 3. The number of aromatic nitrogens is 5. The Morgan fingerprint density at radius 1 is 1.00 bits per heavy atom. The lowest BCUT2D eigenvalue weighted by Gasteiger charge is -2.37. The van der Waals surface area contributed by atoms with Crippen molar-refractivity contribution < 1.29 is 4.79 Å². The Labute approximate surface area is 236 Å². The van der Waals surface area contributed by atoms with Crippen LogP contribution in [0.1, 0.15) is 22.3 Å². The number of rotatable bonds is 8. The molecule has 0 unspecified atom stereocenters. The van der Waals surface area contributed by atoms with E-state index in [1.807, 2.05) is 42.5 Å². The Hall–Kier alpha value is -4.28. The number of hydrogen-bond acceptors (Lipinski definition) is 8. The summed E-state index contributed by atoms with van der Waals surface area (Å²) < 4.78 is 1.66. The number of nitrogens with one attached hydrogen (secondary N) is 2. The van der Waals surface area contributed by atoms with E-state index in [0.717, 1.165) is 60.9 Å². The van der Waals surface area contributed by atoms with Gasteiger partial charge in [-0.15, -0.1) is 5.10 Å². The van der Waals surface area contributed by atoms with Gasteiger partial charge in [0, 0.05) is 54.7 Å². The van der Waals surface area contributed by atoms with Crippen molar-refractivity contribution in [2.45, 2.75) is 13.3 Å². The van der Waals surface area contributed by atoms with Gasteiger partial charge in [0.05, 0.1) is 11.0 Å². The minimum absolute atomic E-state index is 0.0827. The van der Waals surface area contributed by atoms with E-state index in [0.29, 0.717) is 23.6 Å². The minimum Gasteiger partial charge on any atom is -0.369 e. The van der Waals surface area contributed by atoms with Gasteiger partial charge in [-0.2, -0.15) is 4.52 Å². The summed E-state index contributed by atoms with van der Waals surface area (Å²) in [6.45, 7) is 7.65. The maximum absolute atomic E-state index is 12.7. The number of benzene rings is 3. The smallest absolute Gasteiger partial charge is 0.251 e. The van der Waals surface area contributed by atoms with E-state index >= 15 is 0 Å². The zero-order valence-electron chi connectivity index (χ0n) is 22.2. The largest absolute Gasteiger partial charge is 0.369 e. The van der Waals surface area contributed by atoms with Crippen molar-refractivity contribution in [2.24, 2.45) is 0 Å². The lowest BCUT2D eigenvalue weighted by molar-refractivity contribution is 0.0951. The first kappa shape index (κ1) is 26.0. The van der Waals surface area contributed by atoms with Gasteiger partial charge in [-0.05, 0) is 84.4 Å². The van der Waals surface area contributed by atoms with Crippen molar-refractivity contribution in [3.63, 3.8) is 0 Å². The van der Waals surface area contributed by atoms with E-state index < -0.39 is 0 Å². The molecule has 204 valence electrons. The van der Waals surface area contributed by atoms with Crippen LogP contribution in [0.3, 0.4) is 0 Å². The van der Waals surface area contributed by atoms with Gasteiger partial charge in [0.15, 0.2) is 5.82 Å². The maximum atomic E-state index is 12.7. The van der Waals surface area contributed by atoms with Crippen LogP contribution in [0, 0.1) is 6.92 Å². The molecule has 3 aromatic carbocycles. The van der Waals surface area contributed by atoms with Crippen LogP contribution in [0.15, 0.2) is 66.7 Å². The minimum atomic E-state index is -0.0827. The summed E-state index contributed by atoms with van der Waals surface area (Å²) in [5.41, 5.74) is 6.00. The summed E-state index contributed by atoms with van der Waals surface area (Å²) in [4.78, 5) is 22.2. The molecule has 1 aliphatic heterocycles. The van der Waals surface area contributed by atoms with Gasteiger partial charge < -0.3 is 15.5 Å². The summed E-state index contributed by atoms with van der Waals surface area (Å²) >= 11 is 6.21. The Bertz CT molecular complexity index is 1650. The van der Waals surface area contributed by atoms with E-state index in [9.17, 15) is 4.79 Å². The van der Waals surface area contributed by atoms with Crippen molar-refractivity contribution in [3.8, 4) is 0 Å². The van der Waals surface area contributed by atoms with Gasteiger partial charge in [-0.25, -0.2) is 4.98 Å². The number of carbonyl (C=O) groups is 1. The molecule has 1 saturated heterocycles. The third-order valence-corrected chi connectivity index (χ3v) is 7.49. The maximum Gasteiger partial charge on any atom is 0.251 e. The molecule has 0 radical (unpaired) electrons. The highest BCUT2D eigenvalue weighted by atomic mass is 35.5. The molecule has 1 aliphatic rings. The molecule has 40 heavy (non-hydrogen) atoms. The van der Waals surface area contributed by atoms with Gasteiger partial charge in [-0.3, -0.25) is 9.69 Å². The number of amides is 1. The molecule has 1 fully saturated rings. The highest BCUT2D eigenvalue weighted by molar-refractivity contribution is 6.30. The average molecular weight is 556 g/mol. The topological polar surface area (TPSA) is 104 Å². The highest BCUT2D eigenvalue weighted by Crippen LogP contribution is 2.26. The first-order chi connectivity index (χ1) is 19.5. The average Bonchev–Trinajstić information content (AvgIpc) is 3.48. The number of carbonyl (C=O) groups excluding carboxylic acids is 1. The van der Waals surface area contributed by atoms with Crippen LogP contribution in [0.2, 0.25) is 5.02 Å². The fraction of sp³-hybridized carbons (Fsp3) is 0.276. The second kappa shape index (κ2) is 11.4.